The Hall–Kier alpha value is -1.76. The summed E-state index contributed by atoms with van der Waals surface area (Å²) in [5.41, 5.74) is 1.73. The van der Waals surface area contributed by atoms with Crippen LogP contribution in [0.4, 0.5) is 11.4 Å². The Morgan fingerprint density at radius 3 is 2.37 bits per heavy atom. The van der Waals surface area contributed by atoms with Gasteiger partial charge in [-0.3, -0.25) is 9.10 Å². The van der Waals surface area contributed by atoms with E-state index in [0.29, 0.717) is 12.2 Å². The summed E-state index contributed by atoms with van der Waals surface area (Å²) in [5, 5.41) is 2.86. The molecule has 6 nitrogen and oxygen atoms in total. The molecule has 1 amide bonds. The van der Waals surface area contributed by atoms with Gasteiger partial charge in [0, 0.05) is 38.3 Å². The van der Waals surface area contributed by atoms with Crippen LogP contribution in [-0.4, -0.2) is 46.8 Å². The van der Waals surface area contributed by atoms with Gasteiger partial charge in [0.1, 0.15) is 0 Å². The maximum Gasteiger partial charge on any atom is 0.232 e. The predicted molar refractivity (Wildman–Crippen MR) is 112 cm³/mol. The number of rotatable bonds is 10. The summed E-state index contributed by atoms with van der Waals surface area (Å²) < 4.78 is 25.7. The van der Waals surface area contributed by atoms with E-state index >= 15 is 0 Å². The highest BCUT2D eigenvalue weighted by Gasteiger charge is 2.19. The second-order valence-corrected chi connectivity index (χ2v) is 9.11. The third-order valence-corrected chi connectivity index (χ3v) is 6.10. The number of carbonyl (C=O) groups excluding carboxylic acids is 1. The number of amides is 1. The molecule has 1 aliphatic heterocycles. The van der Waals surface area contributed by atoms with Crippen molar-refractivity contribution in [3.63, 3.8) is 0 Å². The molecule has 0 atom stereocenters. The number of carbonyl (C=O) groups is 1. The topological polar surface area (TPSA) is 69.7 Å². The maximum atomic E-state index is 12.2. The Morgan fingerprint density at radius 1 is 1.11 bits per heavy atom. The molecule has 27 heavy (non-hydrogen) atoms. The summed E-state index contributed by atoms with van der Waals surface area (Å²) in [6.07, 6.45) is 8.16. The minimum atomic E-state index is -3.44. The largest absolute Gasteiger partial charge is 0.372 e. The fourth-order valence-corrected chi connectivity index (χ4v) is 4.29. The smallest absolute Gasteiger partial charge is 0.232 e. The highest BCUT2D eigenvalue weighted by Crippen LogP contribution is 2.25. The van der Waals surface area contributed by atoms with Crippen LogP contribution in [0.3, 0.4) is 0 Å². The van der Waals surface area contributed by atoms with Crippen LogP contribution in [0.15, 0.2) is 24.3 Å². The van der Waals surface area contributed by atoms with Gasteiger partial charge in [-0.25, -0.2) is 8.42 Å². The quantitative estimate of drug-likeness (QED) is 0.618. The first-order valence-electron chi connectivity index (χ1n) is 10.0. The van der Waals surface area contributed by atoms with Crippen molar-refractivity contribution in [3.05, 3.63) is 24.3 Å². The highest BCUT2D eigenvalue weighted by atomic mass is 32.2. The molecule has 1 aromatic carbocycles. The first kappa shape index (κ1) is 21.5. The van der Waals surface area contributed by atoms with Crippen molar-refractivity contribution in [2.24, 2.45) is 0 Å². The molecular formula is C20H33N3O3S. The molecule has 0 spiro atoms. The van der Waals surface area contributed by atoms with E-state index in [-0.39, 0.29) is 18.9 Å². The molecule has 0 radical (unpaired) electrons. The Bertz CT molecular complexity index is 683. The van der Waals surface area contributed by atoms with Gasteiger partial charge in [-0.2, -0.15) is 0 Å². The van der Waals surface area contributed by atoms with Crippen LogP contribution < -0.4 is 14.5 Å². The van der Waals surface area contributed by atoms with Gasteiger partial charge < -0.3 is 10.2 Å². The number of hydrogen-bond acceptors (Lipinski definition) is 4. The van der Waals surface area contributed by atoms with E-state index in [2.05, 4.69) is 17.1 Å². The van der Waals surface area contributed by atoms with Crippen LogP contribution >= 0.6 is 0 Å². The van der Waals surface area contributed by atoms with Crippen molar-refractivity contribution in [3.8, 4) is 0 Å². The summed E-state index contributed by atoms with van der Waals surface area (Å²) in [6, 6.07) is 7.63. The standard InChI is InChI=1S/C20H33N3O3S/c1-3-4-6-14-21-20(24)13-17-23(27(2,25)26)19-11-9-18(10-12-19)22-15-7-5-8-16-22/h9-12H,3-8,13-17H2,1-2H3,(H,21,24). The van der Waals surface area contributed by atoms with E-state index in [9.17, 15) is 13.2 Å². The van der Waals surface area contributed by atoms with Crippen LogP contribution in [0, 0.1) is 0 Å². The van der Waals surface area contributed by atoms with E-state index in [4.69, 9.17) is 0 Å². The maximum absolute atomic E-state index is 12.2. The molecule has 0 unspecified atom stereocenters. The fourth-order valence-electron chi connectivity index (χ4n) is 3.36. The number of hydrogen-bond donors (Lipinski definition) is 1. The van der Waals surface area contributed by atoms with Gasteiger partial charge in [-0.15, -0.1) is 0 Å². The number of piperidine rings is 1. The molecule has 1 saturated heterocycles. The minimum absolute atomic E-state index is 0.107. The summed E-state index contributed by atoms with van der Waals surface area (Å²) >= 11 is 0. The van der Waals surface area contributed by atoms with Crippen LogP contribution in [0.2, 0.25) is 0 Å². The zero-order valence-electron chi connectivity index (χ0n) is 16.6. The van der Waals surface area contributed by atoms with Gasteiger partial charge in [-0.1, -0.05) is 19.8 Å². The molecule has 1 aromatic rings. The van der Waals surface area contributed by atoms with Crippen LogP contribution in [0.25, 0.3) is 0 Å². The van der Waals surface area contributed by atoms with Crippen molar-refractivity contribution in [2.45, 2.75) is 51.9 Å². The lowest BCUT2D eigenvalue weighted by atomic mass is 10.1. The van der Waals surface area contributed by atoms with Crippen LogP contribution in [-0.2, 0) is 14.8 Å². The number of anilines is 2. The third-order valence-electron chi connectivity index (χ3n) is 4.90. The lowest BCUT2D eigenvalue weighted by Gasteiger charge is -2.29. The van der Waals surface area contributed by atoms with E-state index in [0.717, 1.165) is 38.0 Å². The molecule has 1 heterocycles. The summed E-state index contributed by atoms with van der Waals surface area (Å²) in [6.45, 7) is 5.01. The monoisotopic (exact) mass is 395 g/mol. The van der Waals surface area contributed by atoms with Gasteiger partial charge in [0.15, 0.2) is 0 Å². The zero-order chi connectivity index (χ0) is 19.7. The average Bonchev–Trinajstić information content (AvgIpc) is 2.65. The highest BCUT2D eigenvalue weighted by molar-refractivity contribution is 7.92. The fraction of sp³-hybridized carbons (Fsp3) is 0.650. The molecule has 1 fully saturated rings. The number of nitrogens with one attached hydrogen (secondary N) is 1. The van der Waals surface area contributed by atoms with Gasteiger partial charge in [0.2, 0.25) is 15.9 Å². The first-order chi connectivity index (χ1) is 12.9. The minimum Gasteiger partial charge on any atom is -0.372 e. The summed E-state index contributed by atoms with van der Waals surface area (Å²) in [7, 11) is -3.44. The number of benzene rings is 1. The molecule has 1 N–H and O–H groups in total. The Kier molecular flexibility index (Phi) is 8.41. The normalized spacial score (nSPS) is 14.8. The lowest BCUT2D eigenvalue weighted by Crippen LogP contribution is -2.35. The molecule has 2 rings (SSSR count). The third kappa shape index (κ3) is 7.05. The average molecular weight is 396 g/mol. The van der Waals surface area contributed by atoms with Gasteiger partial charge in [-0.05, 0) is 49.9 Å². The van der Waals surface area contributed by atoms with E-state index in [1.165, 1.54) is 29.8 Å². The number of unbranched alkanes of at least 4 members (excludes halogenated alkanes) is 2. The Morgan fingerprint density at radius 2 is 1.78 bits per heavy atom. The first-order valence-corrected chi connectivity index (χ1v) is 11.9. The molecule has 1 aliphatic rings. The number of nitrogens with zero attached hydrogens (tertiary/aromatic N) is 2. The van der Waals surface area contributed by atoms with Gasteiger partial charge in [0.25, 0.3) is 0 Å². The van der Waals surface area contributed by atoms with Gasteiger partial charge in [0.05, 0.1) is 11.9 Å². The molecule has 0 bridgehead atoms. The van der Waals surface area contributed by atoms with Crippen molar-refractivity contribution >= 4 is 27.3 Å². The molecule has 0 aromatic heterocycles. The molecular weight excluding hydrogens is 362 g/mol. The second kappa shape index (κ2) is 10.5. The van der Waals surface area contributed by atoms with Crippen LogP contribution in [0.5, 0.6) is 0 Å². The zero-order valence-corrected chi connectivity index (χ0v) is 17.4. The number of sulfonamides is 1. The predicted octanol–water partition coefficient (Wildman–Crippen LogP) is 3.14. The van der Waals surface area contributed by atoms with Crippen molar-refractivity contribution in [2.75, 3.05) is 41.6 Å². The lowest BCUT2D eigenvalue weighted by molar-refractivity contribution is -0.120. The van der Waals surface area contributed by atoms with Crippen molar-refractivity contribution < 1.29 is 13.2 Å². The molecule has 7 heteroatoms. The van der Waals surface area contributed by atoms with Crippen molar-refractivity contribution in [1.29, 1.82) is 0 Å². The molecule has 0 aliphatic carbocycles. The SMILES string of the molecule is CCCCCNC(=O)CCN(c1ccc(N2CCCCC2)cc1)S(C)(=O)=O. The van der Waals surface area contributed by atoms with Crippen LogP contribution in [0.1, 0.15) is 51.9 Å². The Balaban J connectivity index is 1.96. The second-order valence-electron chi connectivity index (χ2n) is 7.21. The Labute approximate surface area is 164 Å². The van der Waals surface area contributed by atoms with E-state index in [1.54, 1.807) is 0 Å². The summed E-state index contributed by atoms with van der Waals surface area (Å²) in [4.78, 5) is 14.3. The van der Waals surface area contributed by atoms with Crippen molar-refractivity contribution in [1.82, 2.24) is 5.32 Å². The van der Waals surface area contributed by atoms with Gasteiger partial charge >= 0.3 is 0 Å². The van der Waals surface area contributed by atoms with E-state index < -0.39 is 10.0 Å². The molecule has 152 valence electrons. The molecule has 0 saturated carbocycles. The summed E-state index contributed by atoms with van der Waals surface area (Å²) in [5.74, 6) is -0.107. The van der Waals surface area contributed by atoms with E-state index in [1.807, 2.05) is 24.3 Å².